The standard InChI is InChI=1S/C33H24ClF2N5O4/c1-37-32(42)29-21-13-20(23-9-10-27-30(39-23)26-14-19-22(36)3-2-4-25(19)41(26)16-44-27)24(40-33(43)38-12-11-34)15-28(21)45-31(29)17-5-7-18(35)8-6-17/h2-10,13-15H,11-12,16H2,1H3,(H,37,42)(H2,38,40,43). The molecule has 0 saturated heterocycles. The predicted molar refractivity (Wildman–Crippen MR) is 167 cm³/mol. The van der Waals surface area contributed by atoms with E-state index in [2.05, 4.69) is 16.0 Å². The summed E-state index contributed by atoms with van der Waals surface area (Å²) in [7, 11) is 1.50. The summed E-state index contributed by atoms with van der Waals surface area (Å²) in [5, 5.41) is 9.05. The van der Waals surface area contributed by atoms with Crippen LogP contribution in [0.25, 0.3) is 55.8 Å². The quantitative estimate of drug-likeness (QED) is 0.170. The highest BCUT2D eigenvalue weighted by molar-refractivity contribution is 6.18. The summed E-state index contributed by atoms with van der Waals surface area (Å²) < 4.78 is 42.4. The maximum atomic E-state index is 14.7. The van der Waals surface area contributed by atoms with Crippen molar-refractivity contribution in [3.63, 3.8) is 0 Å². The number of alkyl halides is 1. The fourth-order valence-corrected chi connectivity index (χ4v) is 5.65. The van der Waals surface area contributed by atoms with Crippen molar-refractivity contribution in [2.75, 3.05) is 24.8 Å². The van der Waals surface area contributed by atoms with Crippen molar-refractivity contribution >= 4 is 51.1 Å². The first-order chi connectivity index (χ1) is 21.9. The third-order valence-corrected chi connectivity index (χ3v) is 7.82. The minimum Gasteiger partial charge on any atom is -0.470 e. The maximum Gasteiger partial charge on any atom is 0.319 e. The van der Waals surface area contributed by atoms with Gasteiger partial charge in [0.25, 0.3) is 5.91 Å². The molecule has 12 heteroatoms. The normalized spacial score (nSPS) is 12.0. The zero-order valence-corrected chi connectivity index (χ0v) is 24.5. The van der Waals surface area contributed by atoms with Crippen molar-refractivity contribution < 1.29 is 27.5 Å². The number of ether oxygens (including phenoxy) is 1. The van der Waals surface area contributed by atoms with Gasteiger partial charge < -0.3 is 29.7 Å². The molecule has 45 heavy (non-hydrogen) atoms. The number of aromatic nitrogens is 2. The highest BCUT2D eigenvalue weighted by Gasteiger charge is 2.27. The zero-order chi connectivity index (χ0) is 31.2. The average molecular weight is 628 g/mol. The van der Waals surface area contributed by atoms with E-state index in [0.29, 0.717) is 61.5 Å². The van der Waals surface area contributed by atoms with Crippen LogP contribution < -0.4 is 20.7 Å². The van der Waals surface area contributed by atoms with E-state index < -0.39 is 17.8 Å². The van der Waals surface area contributed by atoms with Crippen LogP contribution in [0.3, 0.4) is 0 Å². The summed E-state index contributed by atoms with van der Waals surface area (Å²) in [5.41, 5.74) is 4.11. The predicted octanol–water partition coefficient (Wildman–Crippen LogP) is 7.13. The summed E-state index contributed by atoms with van der Waals surface area (Å²) in [6, 6.07) is 18.5. The van der Waals surface area contributed by atoms with Crippen molar-refractivity contribution in [2.24, 2.45) is 0 Å². The number of nitrogens with zero attached hydrogens (tertiary/aromatic N) is 2. The molecule has 3 aromatic carbocycles. The van der Waals surface area contributed by atoms with Gasteiger partial charge in [-0.3, -0.25) is 4.79 Å². The summed E-state index contributed by atoms with van der Waals surface area (Å²) >= 11 is 5.77. The lowest BCUT2D eigenvalue weighted by molar-refractivity contribution is 0.0964. The van der Waals surface area contributed by atoms with Crippen LogP contribution in [0.15, 0.2) is 77.2 Å². The lowest BCUT2D eigenvalue weighted by Crippen LogP contribution is -2.30. The Bertz CT molecular complexity index is 2140. The maximum absolute atomic E-state index is 14.7. The number of carbonyl (C=O) groups is 2. The molecule has 0 radical (unpaired) electrons. The van der Waals surface area contributed by atoms with Gasteiger partial charge in [0.15, 0.2) is 6.73 Å². The molecule has 1 aliphatic rings. The molecule has 3 amide bonds. The number of benzene rings is 3. The Labute approximate surface area is 259 Å². The summed E-state index contributed by atoms with van der Waals surface area (Å²) in [6.45, 7) is 0.420. The highest BCUT2D eigenvalue weighted by Crippen LogP contribution is 2.42. The number of hydrogen-bond donors (Lipinski definition) is 3. The number of pyridine rings is 1. The number of carbonyl (C=O) groups excluding carboxylic acids is 2. The Morgan fingerprint density at radius 2 is 1.84 bits per heavy atom. The molecule has 226 valence electrons. The van der Waals surface area contributed by atoms with Gasteiger partial charge in [-0.1, -0.05) is 6.07 Å². The molecule has 0 unspecified atom stereocenters. The van der Waals surface area contributed by atoms with Gasteiger partial charge in [-0.25, -0.2) is 18.6 Å². The number of nitrogens with one attached hydrogen (secondary N) is 3. The van der Waals surface area contributed by atoms with Crippen molar-refractivity contribution in [1.82, 2.24) is 20.2 Å². The van der Waals surface area contributed by atoms with Gasteiger partial charge in [0.2, 0.25) is 0 Å². The first-order valence-electron chi connectivity index (χ1n) is 14.0. The molecule has 0 aliphatic carbocycles. The number of hydrogen-bond acceptors (Lipinski definition) is 5. The van der Waals surface area contributed by atoms with Crippen LogP contribution in [0.5, 0.6) is 5.75 Å². The molecule has 3 N–H and O–H groups in total. The highest BCUT2D eigenvalue weighted by atomic mass is 35.5. The largest absolute Gasteiger partial charge is 0.470 e. The summed E-state index contributed by atoms with van der Waals surface area (Å²) in [6.07, 6.45) is 0. The first kappa shape index (κ1) is 28.4. The molecule has 0 bridgehead atoms. The third-order valence-electron chi connectivity index (χ3n) is 7.64. The van der Waals surface area contributed by atoms with Crippen LogP contribution in [0.4, 0.5) is 19.3 Å². The van der Waals surface area contributed by atoms with E-state index in [9.17, 15) is 18.4 Å². The smallest absolute Gasteiger partial charge is 0.319 e. The average Bonchev–Trinajstić information content (AvgIpc) is 3.62. The van der Waals surface area contributed by atoms with Crippen LogP contribution in [0.1, 0.15) is 10.4 Å². The monoisotopic (exact) mass is 627 g/mol. The molecular formula is C33H24ClF2N5O4. The number of fused-ring (bicyclic) bond motifs is 6. The number of amides is 3. The second-order valence-electron chi connectivity index (χ2n) is 10.3. The van der Waals surface area contributed by atoms with Gasteiger partial charge in [0, 0.05) is 47.4 Å². The van der Waals surface area contributed by atoms with Gasteiger partial charge in [0.05, 0.1) is 28.2 Å². The lowest BCUT2D eigenvalue weighted by Gasteiger charge is -2.21. The van der Waals surface area contributed by atoms with Crippen molar-refractivity contribution in [1.29, 1.82) is 0 Å². The van der Waals surface area contributed by atoms with Crippen LogP contribution in [-0.4, -0.2) is 41.0 Å². The molecular weight excluding hydrogens is 604 g/mol. The Balaban J connectivity index is 1.44. The number of rotatable bonds is 6. The number of anilines is 1. The Kier molecular flexibility index (Phi) is 7.09. The lowest BCUT2D eigenvalue weighted by atomic mass is 10.0. The van der Waals surface area contributed by atoms with E-state index in [0.717, 1.165) is 0 Å². The van der Waals surface area contributed by atoms with Crippen molar-refractivity contribution in [3.05, 3.63) is 90.0 Å². The molecule has 7 rings (SSSR count). The minimum atomic E-state index is -0.509. The van der Waals surface area contributed by atoms with Crippen LogP contribution in [-0.2, 0) is 6.73 Å². The number of urea groups is 1. The first-order valence-corrected chi connectivity index (χ1v) is 14.5. The van der Waals surface area contributed by atoms with E-state index in [1.54, 1.807) is 36.4 Å². The van der Waals surface area contributed by atoms with Gasteiger partial charge in [-0.2, -0.15) is 0 Å². The van der Waals surface area contributed by atoms with E-state index in [1.165, 1.54) is 37.4 Å². The SMILES string of the molecule is CNC(=O)c1c(-c2ccc(F)cc2)oc2cc(NC(=O)NCCCl)c(-c3ccc4c(n3)-c3cc5c(F)cccc5n3CO4)cc12. The molecule has 0 spiro atoms. The van der Waals surface area contributed by atoms with Gasteiger partial charge in [-0.15, -0.1) is 11.6 Å². The minimum absolute atomic E-state index is 0.187. The third kappa shape index (κ3) is 4.91. The van der Waals surface area contributed by atoms with Crippen molar-refractivity contribution in [3.8, 4) is 39.7 Å². The van der Waals surface area contributed by atoms with E-state index in [1.807, 2.05) is 10.6 Å². The number of halogens is 3. The Morgan fingerprint density at radius 3 is 2.62 bits per heavy atom. The van der Waals surface area contributed by atoms with Crippen LogP contribution in [0.2, 0.25) is 0 Å². The zero-order valence-electron chi connectivity index (χ0n) is 23.7. The molecule has 0 saturated carbocycles. The van der Waals surface area contributed by atoms with Gasteiger partial charge in [0.1, 0.15) is 34.4 Å². The molecule has 9 nitrogen and oxygen atoms in total. The summed E-state index contributed by atoms with van der Waals surface area (Å²) in [4.78, 5) is 30.9. The molecule has 6 aromatic rings. The van der Waals surface area contributed by atoms with Gasteiger partial charge >= 0.3 is 6.03 Å². The van der Waals surface area contributed by atoms with Crippen molar-refractivity contribution in [2.45, 2.75) is 6.73 Å². The van der Waals surface area contributed by atoms with Crippen LogP contribution in [0, 0.1) is 11.6 Å². The van der Waals surface area contributed by atoms with E-state index in [-0.39, 0.29) is 36.3 Å². The molecule has 4 heterocycles. The summed E-state index contributed by atoms with van der Waals surface area (Å²) in [5.74, 6) is -0.245. The molecule has 0 fully saturated rings. The van der Waals surface area contributed by atoms with E-state index in [4.69, 9.17) is 25.7 Å². The Morgan fingerprint density at radius 1 is 1.02 bits per heavy atom. The van der Waals surface area contributed by atoms with Gasteiger partial charge in [-0.05, 0) is 60.7 Å². The number of furan rings is 1. The fraction of sp³-hybridized carbons (Fsp3) is 0.121. The molecule has 1 aliphatic heterocycles. The second-order valence-corrected chi connectivity index (χ2v) is 10.7. The fourth-order valence-electron chi connectivity index (χ4n) is 5.55. The Hall–Kier alpha value is -5.42. The molecule has 3 aromatic heterocycles. The molecule has 0 atom stereocenters. The van der Waals surface area contributed by atoms with E-state index >= 15 is 0 Å². The topological polar surface area (TPSA) is 110 Å². The van der Waals surface area contributed by atoms with Crippen LogP contribution >= 0.6 is 11.6 Å². The second kappa shape index (κ2) is 11.3.